The fraction of sp³-hybridized carbons (Fsp3) is 0.667. The Bertz CT molecular complexity index is 567. The molecule has 0 aromatic carbocycles. The Morgan fingerprint density at radius 2 is 2.10 bits per heavy atom. The van der Waals surface area contributed by atoms with Crippen LogP contribution >= 0.6 is 11.8 Å². The first-order valence-corrected chi connectivity index (χ1v) is 7.17. The van der Waals surface area contributed by atoms with Gasteiger partial charge >= 0.3 is 6.18 Å². The molecule has 2 rings (SSSR count). The van der Waals surface area contributed by atoms with Crippen molar-refractivity contribution in [1.82, 2.24) is 9.78 Å². The second-order valence-electron chi connectivity index (χ2n) is 5.26. The Balaban J connectivity index is 2.19. The summed E-state index contributed by atoms with van der Waals surface area (Å²) in [4.78, 5) is 5.19. The first-order valence-electron chi connectivity index (χ1n) is 6.19. The predicted octanol–water partition coefficient (Wildman–Crippen LogP) is 3.19. The molecular weight excluding hydrogens is 307 g/mol. The maximum absolute atomic E-state index is 13.0. The molecule has 0 aliphatic carbocycles. The summed E-state index contributed by atoms with van der Waals surface area (Å²) in [6, 6.07) is 0. The number of hydrogen-bond donors (Lipinski definition) is 0. The summed E-state index contributed by atoms with van der Waals surface area (Å²) in [5, 5.41) is 8.06. The first-order chi connectivity index (χ1) is 9.64. The molecule has 0 N–H and O–H groups in total. The SMILES string of the molecule is COc1c(CSC2=NOC(C)(C)C2)c(C(F)(F)F)nn1C. The van der Waals surface area contributed by atoms with E-state index in [2.05, 4.69) is 10.3 Å². The van der Waals surface area contributed by atoms with Crippen LogP contribution in [0.15, 0.2) is 5.16 Å². The molecule has 0 radical (unpaired) electrons. The summed E-state index contributed by atoms with van der Waals surface area (Å²) in [7, 11) is 2.74. The van der Waals surface area contributed by atoms with Crippen molar-refractivity contribution >= 4 is 16.8 Å². The predicted molar refractivity (Wildman–Crippen MR) is 73.3 cm³/mol. The largest absolute Gasteiger partial charge is 0.481 e. The number of ether oxygens (including phenoxy) is 1. The Morgan fingerprint density at radius 3 is 2.57 bits per heavy atom. The van der Waals surface area contributed by atoms with Gasteiger partial charge in [0.25, 0.3) is 0 Å². The van der Waals surface area contributed by atoms with Gasteiger partial charge in [0.05, 0.1) is 12.7 Å². The van der Waals surface area contributed by atoms with Gasteiger partial charge in [0.1, 0.15) is 10.6 Å². The minimum atomic E-state index is -4.52. The second-order valence-corrected chi connectivity index (χ2v) is 6.31. The van der Waals surface area contributed by atoms with Gasteiger partial charge in [-0.1, -0.05) is 5.16 Å². The van der Waals surface area contributed by atoms with Gasteiger partial charge < -0.3 is 9.57 Å². The lowest BCUT2D eigenvalue weighted by Gasteiger charge is -2.13. The summed E-state index contributed by atoms with van der Waals surface area (Å²) in [6.07, 6.45) is -3.95. The zero-order valence-corrected chi connectivity index (χ0v) is 12.9. The van der Waals surface area contributed by atoms with E-state index in [1.165, 1.54) is 25.9 Å². The number of alkyl halides is 3. The molecule has 0 atom stereocenters. The average molecular weight is 323 g/mol. The van der Waals surface area contributed by atoms with Crippen LogP contribution in [0.3, 0.4) is 0 Å². The summed E-state index contributed by atoms with van der Waals surface area (Å²) in [5.74, 6) is 0.179. The molecule has 0 spiro atoms. The molecule has 1 aliphatic rings. The van der Waals surface area contributed by atoms with E-state index in [1.54, 1.807) is 0 Å². The van der Waals surface area contributed by atoms with E-state index >= 15 is 0 Å². The number of aryl methyl sites for hydroxylation is 1. The summed E-state index contributed by atoms with van der Waals surface area (Å²) >= 11 is 1.20. The van der Waals surface area contributed by atoms with Crippen molar-refractivity contribution in [3.05, 3.63) is 11.3 Å². The van der Waals surface area contributed by atoms with Gasteiger partial charge in [-0.25, -0.2) is 4.68 Å². The lowest BCUT2D eigenvalue weighted by atomic mass is 10.1. The monoisotopic (exact) mass is 323 g/mol. The van der Waals surface area contributed by atoms with Crippen molar-refractivity contribution < 1.29 is 22.7 Å². The van der Waals surface area contributed by atoms with Crippen LogP contribution in [0.1, 0.15) is 31.5 Å². The van der Waals surface area contributed by atoms with Crippen LogP contribution in [0.25, 0.3) is 0 Å². The van der Waals surface area contributed by atoms with E-state index in [-0.39, 0.29) is 17.2 Å². The number of methoxy groups -OCH3 is 1. The van der Waals surface area contributed by atoms with E-state index in [0.29, 0.717) is 11.5 Å². The number of thioether (sulfide) groups is 1. The van der Waals surface area contributed by atoms with E-state index in [9.17, 15) is 13.2 Å². The van der Waals surface area contributed by atoms with Crippen molar-refractivity contribution in [2.24, 2.45) is 12.2 Å². The summed E-state index contributed by atoms with van der Waals surface area (Å²) < 4.78 is 45.1. The fourth-order valence-electron chi connectivity index (χ4n) is 2.00. The Morgan fingerprint density at radius 1 is 1.43 bits per heavy atom. The highest BCUT2D eigenvalue weighted by Gasteiger charge is 2.39. The number of rotatable bonds is 3. The lowest BCUT2D eigenvalue weighted by molar-refractivity contribution is -0.141. The zero-order valence-electron chi connectivity index (χ0n) is 12.1. The topological polar surface area (TPSA) is 48.6 Å². The Labute approximate surface area is 124 Å². The molecule has 0 saturated carbocycles. The van der Waals surface area contributed by atoms with E-state index < -0.39 is 17.5 Å². The van der Waals surface area contributed by atoms with Crippen molar-refractivity contribution in [3.8, 4) is 5.88 Å². The van der Waals surface area contributed by atoms with Gasteiger partial charge in [-0.2, -0.15) is 18.3 Å². The molecule has 1 aromatic rings. The molecule has 0 saturated heterocycles. The fourth-order valence-corrected chi connectivity index (χ4v) is 3.11. The van der Waals surface area contributed by atoms with Gasteiger partial charge in [0.2, 0.25) is 5.88 Å². The molecule has 1 aliphatic heterocycles. The van der Waals surface area contributed by atoms with Crippen LogP contribution in [0, 0.1) is 0 Å². The normalized spacial score (nSPS) is 17.6. The van der Waals surface area contributed by atoms with Crippen LogP contribution in [-0.4, -0.2) is 27.5 Å². The maximum Gasteiger partial charge on any atom is 0.435 e. The third-order valence-electron chi connectivity index (χ3n) is 2.90. The second kappa shape index (κ2) is 5.43. The van der Waals surface area contributed by atoms with Gasteiger partial charge in [-0.3, -0.25) is 0 Å². The molecule has 0 fully saturated rings. The highest BCUT2D eigenvalue weighted by atomic mass is 32.2. The molecular formula is C12H16F3N3O2S. The van der Waals surface area contributed by atoms with Gasteiger partial charge in [-0.05, 0) is 13.8 Å². The number of nitrogens with zero attached hydrogens (tertiary/aromatic N) is 3. The van der Waals surface area contributed by atoms with Crippen LogP contribution in [0.2, 0.25) is 0 Å². The number of aromatic nitrogens is 2. The number of oxime groups is 1. The molecule has 2 heterocycles. The van der Waals surface area contributed by atoms with Gasteiger partial charge in [0.15, 0.2) is 5.69 Å². The Hall–Kier alpha value is -1.38. The smallest absolute Gasteiger partial charge is 0.435 e. The van der Waals surface area contributed by atoms with Crippen molar-refractivity contribution in [2.45, 2.75) is 37.8 Å². The third-order valence-corrected chi connectivity index (χ3v) is 3.89. The molecule has 0 unspecified atom stereocenters. The van der Waals surface area contributed by atoms with E-state index in [4.69, 9.17) is 9.57 Å². The highest BCUT2D eigenvalue weighted by molar-refractivity contribution is 8.13. The quantitative estimate of drug-likeness (QED) is 0.857. The molecule has 9 heteroatoms. The molecule has 0 bridgehead atoms. The molecule has 118 valence electrons. The standard InChI is InChI=1S/C12H16F3N3O2S/c1-11(2)5-8(17-20-11)21-6-7-9(12(13,14)15)16-18(3)10(7)19-4/h5-6H2,1-4H3. The van der Waals surface area contributed by atoms with Crippen LogP contribution in [0.5, 0.6) is 5.88 Å². The van der Waals surface area contributed by atoms with E-state index in [1.807, 2.05) is 13.8 Å². The van der Waals surface area contributed by atoms with Crippen LogP contribution in [0.4, 0.5) is 13.2 Å². The van der Waals surface area contributed by atoms with E-state index in [0.717, 1.165) is 4.68 Å². The molecule has 5 nitrogen and oxygen atoms in total. The lowest BCUT2D eigenvalue weighted by Crippen LogP contribution is -2.18. The summed E-state index contributed by atoms with van der Waals surface area (Å²) in [5.41, 5.74) is -1.31. The zero-order chi connectivity index (χ0) is 15.8. The number of hydrogen-bond acceptors (Lipinski definition) is 5. The van der Waals surface area contributed by atoms with Crippen LogP contribution in [-0.2, 0) is 23.8 Å². The van der Waals surface area contributed by atoms with Crippen LogP contribution < -0.4 is 4.74 Å². The number of halogens is 3. The summed E-state index contributed by atoms with van der Waals surface area (Å²) in [6.45, 7) is 3.74. The minimum absolute atomic E-state index is 0.0184. The Kier molecular flexibility index (Phi) is 4.14. The average Bonchev–Trinajstić information content (AvgIpc) is 2.86. The van der Waals surface area contributed by atoms with Gasteiger partial charge in [0, 0.05) is 19.2 Å². The maximum atomic E-state index is 13.0. The van der Waals surface area contributed by atoms with Crippen molar-refractivity contribution in [2.75, 3.05) is 7.11 Å². The first kappa shape index (κ1) is 16.0. The molecule has 21 heavy (non-hydrogen) atoms. The third kappa shape index (κ3) is 3.45. The molecule has 0 amide bonds. The van der Waals surface area contributed by atoms with Gasteiger partial charge in [-0.15, -0.1) is 11.8 Å². The highest BCUT2D eigenvalue weighted by Crippen LogP contribution is 2.38. The minimum Gasteiger partial charge on any atom is -0.481 e. The molecule has 1 aromatic heterocycles. The van der Waals surface area contributed by atoms with Crippen molar-refractivity contribution in [1.29, 1.82) is 0 Å². The van der Waals surface area contributed by atoms with Crippen molar-refractivity contribution in [3.63, 3.8) is 0 Å².